The van der Waals surface area contributed by atoms with Crippen LogP contribution in [0.2, 0.25) is 0 Å². The van der Waals surface area contributed by atoms with Crippen LogP contribution >= 0.6 is 0 Å². The molecule has 4 heteroatoms. The maximum Gasteiger partial charge on any atom is 0.165 e. The van der Waals surface area contributed by atoms with E-state index < -0.39 is 15.2 Å². The lowest BCUT2D eigenvalue weighted by Crippen LogP contribution is -2.39. The van der Waals surface area contributed by atoms with Crippen molar-refractivity contribution in [2.45, 2.75) is 44.4 Å². The molecule has 1 aliphatic carbocycles. The Morgan fingerprint density at radius 1 is 1.31 bits per heavy atom. The second-order valence-electron chi connectivity index (χ2n) is 3.81. The highest BCUT2D eigenvalue weighted by molar-refractivity contribution is 7.91. The molecular formula is C9H19NO2S. The second kappa shape index (κ2) is 4.42. The van der Waals surface area contributed by atoms with E-state index in [1.165, 1.54) is 6.42 Å². The molecule has 0 bridgehead atoms. The lowest BCUT2D eigenvalue weighted by molar-refractivity contribution is 0.343. The molecule has 1 fully saturated rings. The second-order valence-corrected chi connectivity index (χ2v) is 6.26. The zero-order chi connectivity index (χ0) is 9.90. The Morgan fingerprint density at radius 2 is 1.85 bits per heavy atom. The first-order valence-electron chi connectivity index (χ1n) is 5.05. The van der Waals surface area contributed by atoms with Gasteiger partial charge in [-0.15, -0.1) is 0 Å². The molecular weight excluding hydrogens is 186 g/mol. The number of nitrogens with two attached hydrogens (primary N) is 1. The summed E-state index contributed by atoms with van der Waals surface area (Å²) in [5.74, 6) is 0.378. The highest BCUT2D eigenvalue weighted by Crippen LogP contribution is 2.27. The van der Waals surface area contributed by atoms with Crippen LogP contribution in [0.25, 0.3) is 0 Å². The summed E-state index contributed by atoms with van der Waals surface area (Å²) >= 11 is 0. The molecule has 0 saturated heterocycles. The van der Waals surface area contributed by atoms with Crippen LogP contribution in [0.4, 0.5) is 0 Å². The van der Waals surface area contributed by atoms with Crippen LogP contribution in [0.3, 0.4) is 0 Å². The van der Waals surface area contributed by atoms with E-state index in [0.29, 0.717) is 0 Å². The first-order chi connectivity index (χ1) is 6.08. The molecule has 78 valence electrons. The van der Waals surface area contributed by atoms with E-state index in [1.54, 1.807) is 6.92 Å². The van der Waals surface area contributed by atoms with Gasteiger partial charge in [0.15, 0.2) is 9.84 Å². The molecule has 0 aromatic heterocycles. The van der Waals surface area contributed by atoms with Gasteiger partial charge in [-0.3, -0.25) is 0 Å². The van der Waals surface area contributed by atoms with E-state index in [-0.39, 0.29) is 11.7 Å². The van der Waals surface area contributed by atoms with Gasteiger partial charge >= 0.3 is 0 Å². The maximum absolute atomic E-state index is 11.5. The Bertz CT molecular complexity index is 242. The fourth-order valence-electron chi connectivity index (χ4n) is 1.95. The molecule has 0 aliphatic heterocycles. The molecule has 1 atom stereocenters. The van der Waals surface area contributed by atoms with Crippen LogP contribution in [0.5, 0.6) is 0 Å². The average Bonchev–Trinajstić information content (AvgIpc) is 2.18. The van der Waals surface area contributed by atoms with Crippen LogP contribution in [-0.4, -0.2) is 19.5 Å². The minimum Gasteiger partial charge on any atom is -0.315 e. The first kappa shape index (κ1) is 11.0. The van der Waals surface area contributed by atoms with Crippen LogP contribution < -0.4 is 5.73 Å². The molecule has 13 heavy (non-hydrogen) atoms. The Labute approximate surface area is 80.6 Å². The van der Waals surface area contributed by atoms with E-state index in [2.05, 4.69) is 0 Å². The van der Waals surface area contributed by atoms with Crippen molar-refractivity contribution in [3.05, 3.63) is 0 Å². The van der Waals surface area contributed by atoms with Gasteiger partial charge in [0.05, 0.1) is 0 Å². The van der Waals surface area contributed by atoms with Crippen molar-refractivity contribution in [2.24, 2.45) is 11.7 Å². The minimum absolute atomic E-state index is 0.171. The zero-order valence-corrected chi connectivity index (χ0v) is 9.02. The van der Waals surface area contributed by atoms with Crippen LogP contribution in [-0.2, 0) is 9.84 Å². The van der Waals surface area contributed by atoms with E-state index in [4.69, 9.17) is 5.73 Å². The largest absolute Gasteiger partial charge is 0.315 e. The van der Waals surface area contributed by atoms with Crippen LogP contribution in [0, 0.1) is 5.92 Å². The summed E-state index contributed by atoms with van der Waals surface area (Å²) in [7, 11) is -3.02. The monoisotopic (exact) mass is 205 g/mol. The topological polar surface area (TPSA) is 60.2 Å². The van der Waals surface area contributed by atoms with Gasteiger partial charge in [0.1, 0.15) is 5.37 Å². The molecule has 0 aromatic carbocycles. The fraction of sp³-hybridized carbons (Fsp3) is 1.00. The molecule has 1 saturated carbocycles. The highest BCUT2D eigenvalue weighted by Gasteiger charge is 2.29. The molecule has 3 nitrogen and oxygen atoms in total. The molecule has 1 rings (SSSR count). The van der Waals surface area contributed by atoms with Crippen molar-refractivity contribution in [3.8, 4) is 0 Å². The third-order valence-electron chi connectivity index (χ3n) is 2.93. The van der Waals surface area contributed by atoms with Gasteiger partial charge in [-0.25, -0.2) is 8.42 Å². The standard InChI is InChI=1S/C9H19NO2S/c1-2-13(11,12)9(10)8-6-4-3-5-7-8/h8-9H,2-7,10H2,1H3. The third-order valence-corrected chi connectivity index (χ3v) is 4.95. The minimum atomic E-state index is -3.02. The van der Waals surface area contributed by atoms with Gasteiger partial charge in [-0.1, -0.05) is 26.2 Å². The van der Waals surface area contributed by atoms with Crippen molar-refractivity contribution in [1.29, 1.82) is 0 Å². The molecule has 0 radical (unpaired) electrons. The smallest absolute Gasteiger partial charge is 0.165 e. The summed E-state index contributed by atoms with van der Waals surface area (Å²) in [5.41, 5.74) is 5.75. The first-order valence-corrected chi connectivity index (χ1v) is 6.76. The van der Waals surface area contributed by atoms with Crippen LogP contribution in [0.15, 0.2) is 0 Å². The summed E-state index contributed by atoms with van der Waals surface area (Å²) in [6, 6.07) is 0. The van der Waals surface area contributed by atoms with Gasteiger partial charge in [-0.05, 0) is 18.8 Å². The quantitative estimate of drug-likeness (QED) is 0.755. The predicted octanol–water partition coefficient (Wildman–Crippen LogP) is 1.29. The Morgan fingerprint density at radius 3 is 2.31 bits per heavy atom. The van der Waals surface area contributed by atoms with Gasteiger partial charge in [0.25, 0.3) is 0 Å². The number of sulfone groups is 1. The maximum atomic E-state index is 11.5. The lowest BCUT2D eigenvalue weighted by atomic mass is 9.89. The molecule has 0 heterocycles. The zero-order valence-electron chi connectivity index (χ0n) is 8.20. The van der Waals surface area contributed by atoms with Gasteiger partial charge in [0, 0.05) is 5.75 Å². The predicted molar refractivity (Wildman–Crippen MR) is 54.0 cm³/mol. The van der Waals surface area contributed by atoms with E-state index in [1.807, 2.05) is 0 Å². The summed E-state index contributed by atoms with van der Waals surface area (Å²) < 4.78 is 22.9. The average molecular weight is 205 g/mol. The summed E-state index contributed by atoms with van der Waals surface area (Å²) in [6.45, 7) is 1.66. The highest BCUT2D eigenvalue weighted by atomic mass is 32.2. The third kappa shape index (κ3) is 2.68. The molecule has 0 spiro atoms. The van der Waals surface area contributed by atoms with E-state index >= 15 is 0 Å². The Hall–Kier alpha value is -0.0900. The molecule has 1 unspecified atom stereocenters. The number of rotatable bonds is 3. The van der Waals surface area contributed by atoms with E-state index in [9.17, 15) is 8.42 Å². The van der Waals surface area contributed by atoms with Gasteiger partial charge in [0.2, 0.25) is 0 Å². The summed E-state index contributed by atoms with van der Waals surface area (Å²) in [5, 5.41) is -0.613. The normalized spacial score (nSPS) is 22.9. The van der Waals surface area contributed by atoms with Crippen molar-refractivity contribution >= 4 is 9.84 Å². The fourth-order valence-corrected chi connectivity index (χ4v) is 3.19. The van der Waals surface area contributed by atoms with Crippen molar-refractivity contribution < 1.29 is 8.42 Å². The lowest BCUT2D eigenvalue weighted by Gasteiger charge is -2.26. The SMILES string of the molecule is CCS(=O)(=O)C(N)C1CCCCC1. The molecule has 0 amide bonds. The summed E-state index contributed by atoms with van der Waals surface area (Å²) in [4.78, 5) is 0. The Balaban J connectivity index is 2.60. The van der Waals surface area contributed by atoms with Gasteiger partial charge in [-0.2, -0.15) is 0 Å². The number of hydrogen-bond acceptors (Lipinski definition) is 3. The summed E-state index contributed by atoms with van der Waals surface area (Å²) in [6.07, 6.45) is 5.48. The van der Waals surface area contributed by atoms with E-state index in [0.717, 1.165) is 25.7 Å². The van der Waals surface area contributed by atoms with Crippen molar-refractivity contribution in [1.82, 2.24) is 0 Å². The number of hydrogen-bond donors (Lipinski definition) is 1. The van der Waals surface area contributed by atoms with Crippen molar-refractivity contribution in [3.63, 3.8) is 0 Å². The van der Waals surface area contributed by atoms with Crippen LogP contribution in [0.1, 0.15) is 39.0 Å². The van der Waals surface area contributed by atoms with Gasteiger partial charge < -0.3 is 5.73 Å². The molecule has 2 N–H and O–H groups in total. The molecule has 1 aliphatic rings. The van der Waals surface area contributed by atoms with Crippen molar-refractivity contribution in [2.75, 3.05) is 5.75 Å². The Kier molecular flexibility index (Phi) is 3.74. The molecule has 0 aromatic rings.